The van der Waals surface area contributed by atoms with Gasteiger partial charge in [-0.15, -0.1) is 0 Å². The van der Waals surface area contributed by atoms with Crippen LogP contribution >= 0.6 is 11.6 Å². The van der Waals surface area contributed by atoms with Gasteiger partial charge in [0.2, 0.25) is 0 Å². The van der Waals surface area contributed by atoms with Crippen LogP contribution in [0.4, 0.5) is 0 Å². The first-order valence-corrected chi connectivity index (χ1v) is 7.76. The second-order valence-corrected chi connectivity index (χ2v) is 6.31. The highest BCUT2D eigenvalue weighted by Gasteiger charge is 2.28. The summed E-state index contributed by atoms with van der Waals surface area (Å²) in [5, 5.41) is 15.5. The zero-order valence-electron chi connectivity index (χ0n) is 12.2. The fraction of sp³-hybridized carbons (Fsp3) is 0.800. The molecule has 1 aromatic heterocycles. The third kappa shape index (κ3) is 3.32. The maximum Gasteiger partial charge on any atom is 0.130 e. The summed E-state index contributed by atoms with van der Waals surface area (Å²) in [4.78, 5) is 0. The third-order valence-corrected chi connectivity index (χ3v) is 5.10. The van der Waals surface area contributed by atoms with E-state index in [9.17, 15) is 5.11 Å². The molecule has 19 heavy (non-hydrogen) atoms. The molecule has 3 unspecified atom stereocenters. The van der Waals surface area contributed by atoms with E-state index in [1.165, 1.54) is 19.3 Å². The van der Waals surface area contributed by atoms with Crippen molar-refractivity contribution in [3.8, 4) is 0 Å². The van der Waals surface area contributed by atoms with Gasteiger partial charge in [0.15, 0.2) is 0 Å². The smallest absolute Gasteiger partial charge is 0.130 e. The molecule has 1 aliphatic rings. The highest BCUT2D eigenvalue weighted by Crippen LogP contribution is 2.34. The molecular weight excluding hydrogens is 260 g/mol. The number of aromatic nitrogens is 2. The summed E-state index contributed by atoms with van der Waals surface area (Å²) >= 11 is 6.24. The number of hydrogen-bond donors (Lipinski definition) is 1. The molecule has 1 aromatic rings. The van der Waals surface area contributed by atoms with Gasteiger partial charge in [-0.2, -0.15) is 5.10 Å². The highest BCUT2D eigenvalue weighted by atomic mass is 35.5. The minimum Gasteiger partial charge on any atom is -0.392 e. The van der Waals surface area contributed by atoms with Crippen LogP contribution in [0.2, 0.25) is 5.15 Å². The predicted molar refractivity (Wildman–Crippen MR) is 78.4 cm³/mol. The van der Waals surface area contributed by atoms with Crippen LogP contribution in [-0.4, -0.2) is 21.0 Å². The normalized spacial score (nSPS) is 25.5. The largest absolute Gasteiger partial charge is 0.392 e. The Morgan fingerprint density at radius 3 is 2.79 bits per heavy atom. The molecular formula is C15H25ClN2O. The zero-order valence-corrected chi connectivity index (χ0v) is 13.0. The van der Waals surface area contributed by atoms with Crippen molar-refractivity contribution in [2.24, 2.45) is 18.9 Å². The van der Waals surface area contributed by atoms with Gasteiger partial charge in [0.1, 0.15) is 5.15 Å². The SMILES string of the molecule is CCC1CCCC(C(O)Cc2c(C)nn(C)c2Cl)C1. The monoisotopic (exact) mass is 284 g/mol. The van der Waals surface area contributed by atoms with Gasteiger partial charge in [-0.25, -0.2) is 0 Å². The van der Waals surface area contributed by atoms with Crippen molar-refractivity contribution in [2.45, 2.75) is 58.5 Å². The lowest BCUT2D eigenvalue weighted by molar-refractivity contribution is 0.0684. The zero-order chi connectivity index (χ0) is 14.0. The van der Waals surface area contributed by atoms with Gasteiger partial charge < -0.3 is 5.11 Å². The Bertz CT molecular complexity index is 430. The van der Waals surface area contributed by atoms with Gasteiger partial charge in [-0.3, -0.25) is 4.68 Å². The Labute approximate surface area is 121 Å². The minimum absolute atomic E-state index is 0.283. The van der Waals surface area contributed by atoms with Crippen molar-refractivity contribution in [2.75, 3.05) is 0 Å². The molecule has 1 heterocycles. The third-order valence-electron chi connectivity index (χ3n) is 4.63. The Morgan fingerprint density at radius 1 is 1.47 bits per heavy atom. The summed E-state index contributed by atoms with van der Waals surface area (Å²) < 4.78 is 1.69. The lowest BCUT2D eigenvalue weighted by Gasteiger charge is -2.31. The number of aliphatic hydroxyl groups is 1. The Hall–Kier alpha value is -0.540. The lowest BCUT2D eigenvalue weighted by Crippen LogP contribution is -2.28. The van der Waals surface area contributed by atoms with E-state index in [-0.39, 0.29) is 6.10 Å². The van der Waals surface area contributed by atoms with E-state index < -0.39 is 0 Å². The number of rotatable bonds is 4. The van der Waals surface area contributed by atoms with E-state index in [1.54, 1.807) is 4.68 Å². The number of aliphatic hydroxyl groups excluding tert-OH is 1. The van der Waals surface area contributed by atoms with Crippen LogP contribution in [0.1, 0.15) is 50.3 Å². The van der Waals surface area contributed by atoms with Crippen molar-refractivity contribution >= 4 is 11.6 Å². The number of halogens is 1. The predicted octanol–water partition coefficient (Wildman–Crippen LogP) is 3.50. The summed E-state index contributed by atoms with van der Waals surface area (Å²) in [6, 6.07) is 0. The number of nitrogens with zero attached hydrogens (tertiary/aromatic N) is 2. The van der Waals surface area contributed by atoms with Crippen LogP contribution in [-0.2, 0) is 13.5 Å². The molecule has 2 rings (SSSR count). The van der Waals surface area contributed by atoms with Crippen LogP contribution < -0.4 is 0 Å². The van der Waals surface area contributed by atoms with Gasteiger partial charge in [0.05, 0.1) is 11.8 Å². The number of aryl methyl sites for hydroxylation is 2. The first-order chi connectivity index (χ1) is 9.02. The molecule has 1 saturated carbocycles. The first-order valence-electron chi connectivity index (χ1n) is 7.39. The van der Waals surface area contributed by atoms with Gasteiger partial charge >= 0.3 is 0 Å². The Kier molecular flexibility index (Phi) is 4.91. The second kappa shape index (κ2) is 6.27. The van der Waals surface area contributed by atoms with E-state index in [0.717, 1.165) is 30.0 Å². The van der Waals surface area contributed by atoms with Crippen molar-refractivity contribution in [3.05, 3.63) is 16.4 Å². The van der Waals surface area contributed by atoms with Crippen LogP contribution in [0.25, 0.3) is 0 Å². The lowest BCUT2D eigenvalue weighted by atomic mass is 9.76. The molecule has 1 aliphatic carbocycles. The van der Waals surface area contributed by atoms with E-state index in [0.29, 0.717) is 17.5 Å². The number of hydrogen-bond acceptors (Lipinski definition) is 2. The molecule has 0 amide bonds. The van der Waals surface area contributed by atoms with Gasteiger partial charge in [-0.05, 0) is 31.6 Å². The maximum absolute atomic E-state index is 10.5. The van der Waals surface area contributed by atoms with Crippen LogP contribution in [0.15, 0.2) is 0 Å². The minimum atomic E-state index is -0.283. The van der Waals surface area contributed by atoms with Crippen LogP contribution in [0.3, 0.4) is 0 Å². The van der Waals surface area contributed by atoms with Gasteiger partial charge in [0, 0.05) is 19.0 Å². The molecule has 0 aromatic carbocycles. The second-order valence-electron chi connectivity index (χ2n) is 5.95. The maximum atomic E-state index is 10.5. The van der Waals surface area contributed by atoms with Crippen molar-refractivity contribution in [1.82, 2.24) is 9.78 Å². The Balaban J connectivity index is 2.02. The summed E-state index contributed by atoms with van der Waals surface area (Å²) in [5.41, 5.74) is 1.95. The van der Waals surface area contributed by atoms with Crippen LogP contribution in [0, 0.1) is 18.8 Å². The fourth-order valence-electron chi connectivity index (χ4n) is 3.33. The molecule has 0 saturated heterocycles. The van der Waals surface area contributed by atoms with Crippen molar-refractivity contribution in [3.63, 3.8) is 0 Å². The fourth-order valence-corrected chi connectivity index (χ4v) is 3.59. The summed E-state index contributed by atoms with van der Waals surface area (Å²) in [7, 11) is 1.85. The first kappa shape index (κ1) is 14.9. The average Bonchev–Trinajstić information content (AvgIpc) is 2.65. The highest BCUT2D eigenvalue weighted by molar-refractivity contribution is 6.30. The quantitative estimate of drug-likeness (QED) is 0.919. The van der Waals surface area contributed by atoms with E-state index in [1.807, 2.05) is 14.0 Å². The molecule has 4 heteroatoms. The molecule has 0 bridgehead atoms. The summed E-state index contributed by atoms with van der Waals surface area (Å²) in [6.45, 7) is 4.21. The van der Waals surface area contributed by atoms with Gasteiger partial charge in [0.25, 0.3) is 0 Å². The molecule has 1 fully saturated rings. The van der Waals surface area contributed by atoms with E-state index in [2.05, 4.69) is 12.0 Å². The molecule has 0 radical (unpaired) electrons. The van der Waals surface area contributed by atoms with Crippen molar-refractivity contribution < 1.29 is 5.11 Å². The van der Waals surface area contributed by atoms with Crippen LogP contribution in [0.5, 0.6) is 0 Å². The van der Waals surface area contributed by atoms with E-state index >= 15 is 0 Å². The summed E-state index contributed by atoms with van der Waals surface area (Å²) in [6.07, 6.45) is 6.47. The molecule has 1 N–H and O–H groups in total. The molecule has 0 spiro atoms. The topological polar surface area (TPSA) is 38.1 Å². The van der Waals surface area contributed by atoms with Crippen molar-refractivity contribution in [1.29, 1.82) is 0 Å². The summed E-state index contributed by atoms with van der Waals surface area (Å²) in [5.74, 6) is 1.22. The molecule has 3 atom stereocenters. The standard InChI is InChI=1S/C15H25ClN2O/c1-4-11-6-5-7-12(8-11)14(19)9-13-10(2)17-18(3)15(13)16/h11-12,14,19H,4-9H2,1-3H3. The molecule has 0 aliphatic heterocycles. The molecule has 108 valence electrons. The Morgan fingerprint density at radius 2 is 2.21 bits per heavy atom. The average molecular weight is 285 g/mol. The van der Waals surface area contributed by atoms with Gasteiger partial charge in [-0.1, -0.05) is 37.8 Å². The van der Waals surface area contributed by atoms with E-state index in [4.69, 9.17) is 11.6 Å². The molecule has 3 nitrogen and oxygen atoms in total.